The van der Waals surface area contributed by atoms with Gasteiger partial charge in [-0.1, -0.05) is 23.2 Å². The number of carbonyl (C=O) groups is 2. The number of rotatable bonds is 5. The zero-order valence-electron chi connectivity index (χ0n) is 12.2. The molecule has 24 heavy (non-hydrogen) atoms. The molecule has 2 N–H and O–H groups in total. The van der Waals surface area contributed by atoms with Crippen molar-refractivity contribution in [2.24, 2.45) is 0 Å². The number of phenolic OH excluding ortho intramolecular Hbond substituents is 2. The molecule has 0 spiro atoms. The highest BCUT2D eigenvalue weighted by molar-refractivity contribution is 6.32. The van der Waals surface area contributed by atoms with E-state index in [4.69, 9.17) is 32.7 Å². The third-order valence-electron chi connectivity index (χ3n) is 2.92. The van der Waals surface area contributed by atoms with E-state index in [1.54, 1.807) is 0 Å². The molecule has 0 unspecified atom stereocenters. The summed E-state index contributed by atoms with van der Waals surface area (Å²) in [6, 6.07) is 7.79. The summed E-state index contributed by atoms with van der Waals surface area (Å²) in [5, 5.41) is 18.6. The minimum absolute atomic E-state index is 0.0279. The topological polar surface area (TPSA) is 93.1 Å². The molecule has 0 amide bonds. The predicted molar refractivity (Wildman–Crippen MR) is 86.8 cm³/mol. The van der Waals surface area contributed by atoms with Crippen molar-refractivity contribution in [2.45, 2.75) is 0 Å². The van der Waals surface area contributed by atoms with E-state index in [1.807, 2.05) is 0 Å². The average molecular weight is 371 g/mol. The molecular weight excluding hydrogens is 359 g/mol. The fraction of sp³-hybridized carbons (Fsp3) is 0.125. The summed E-state index contributed by atoms with van der Waals surface area (Å²) < 4.78 is 9.86. The first-order chi connectivity index (χ1) is 11.4. The van der Waals surface area contributed by atoms with Crippen molar-refractivity contribution >= 4 is 35.1 Å². The second-order valence-electron chi connectivity index (χ2n) is 4.60. The van der Waals surface area contributed by atoms with Gasteiger partial charge < -0.3 is 19.7 Å². The molecule has 0 atom stereocenters. The van der Waals surface area contributed by atoms with Crippen LogP contribution in [0.15, 0.2) is 36.4 Å². The van der Waals surface area contributed by atoms with E-state index >= 15 is 0 Å². The van der Waals surface area contributed by atoms with Crippen molar-refractivity contribution < 1.29 is 29.3 Å². The Morgan fingerprint density at radius 1 is 0.792 bits per heavy atom. The largest absolute Gasteiger partial charge is 0.506 e. The maximum absolute atomic E-state index is 11.8. The molecule has 126 valence electrons. The van der Waals surface area contributed by atoms with Gasteiger partial charge in [0.1, 0.15) is 24.7 Å². The fourth-order valence-electron chi connectivity index (χ4n) is 1.70. The lowest BCUT2D eigenvalue weighted by atomic mass is 10.2. The number of hydrogen-bond acceptors (Lipinski definition) is 6. The summed E-state index contributed by atoms with van der Waals surface area (Å²) in [5.74, 6) is -1.62. The summed E-state index contributed by atoms with van der Waals surface area (Å²) in [4.78, 5) is 23.5. The minimum Gasteiger partial charge on any atom is -0.506 e. The van der Waals surface area contributed by atoms with E-state index in [-0.39, 0.29) is 45.9 Å². The Balaban J connectivity index is 1.81. The molecule has 0 bridgehead atoms. The van der Waals surface area contributed by atoms with E-state index < -0.39 is 11.9 Å². The van der Waals surface area contributed by atoms with E-state index in [1.165, 1.54) is 36.4 Å². The molecular formula is C16H12Cl2O6. The Morgan fingerprint density at radius 2 is 1.17 bits per heavy atom. The molecule has 2 aromatic rings. The zero-order valence-corrected chi connectivity index (χ0v) is 13.7. The summed E-state index contributed by atoms with van der Waals surface area (Å²) >= 11 is 11.4. The lowest BCUT2D eigenvalue weighted by Gasteiger charge is -2.07. The van der Waals surface area contributed by atoms with Crippen LogP contribution in [0.4, 0.5) is 0 Å². The number of phenols is 2. The van der Waals surface area contributed by atoms with Crippen LogP contribution >= 0.6 is 23.2 Å². The molecule has 0 aromatic heterocycles. The number of benzene rings is 2. The molecule has 0 heterocycles. The SMILES string of the molecule is O=C(OCCOC(=O)c1ccc(O)c(Cl)c1)c1ccc(O)c(Cl)c1. The van der Waals surface area contributed by atoms with Crippen LogP contribution in [0.5, 0.6) is 11.5 Å². The van der Waals surface area contributed by atoms with Gasteiger partial charge in [0, 0.05) is 0 Å². The van der Waals surface area contributed by atoms with Crippen molar-refractivity contribution in [2.75, 3.05) is 13.2 Å². The monoisotopic (exact) mass is 370 g/mol. The maximum atomic E-state index is 11.8. The number of hydrogen-bond donors (Lipinski definition) is 2. The van der Waals surface area contributed by atoms with Crippen LogP contribution < -0.4 is 0 Å². The quantitative estimate of drug-likeness (QED) is 0.618. The number of aromatic hydroxyl groups is 2. The van der Waals surface area contributed by atoms with Gasteiger partial charge in [-0.25, -0.2) is 9.59 Å². The average Bonchev–Trinajstić information content (AvgIpc) is 2.56. The first-order valence-electron chi connectivity index (χ1n) is 6.70. The van der Waals surface area contributed by atoms with E-state index in [0.29, 0.717) is 0 Å². The zero-order chi connectivity index (χ0) is 17.7. The van der Waals surface area contributed by atoms with Gasteiger partial charge in [-0.15, -0.1) is 0 Å². The standard InChI is InChI=1S/C16H12Cl2O6/c17-11-7-9(1-3-13(11)19)15(21)23-5-6-24-16(22)10-2-4-14(20)12(18)8-10/h1-4,7-8,19-20H,5-6H2. The highest BCUT2D eigenvalue weighted by Gasteiger charge is 2.12. The summed E-state index contributed by atoms with van der Waals surface area (Å²) in [6.07, 6.45) is 0. The summed E-state index contributed by atoms with van der Waals surface area (Å²) in [7, 11) is 0. The van der Waals surface area contributed by atoms with Crippen LogP contribution in [-0.4, -0.2) is 35.4 Å². The first kappa shape index (κ1) is 17.9. The van der Waals surface area contributed by atoms with E-state index in [9.17, 15) is 19.8 Å². The minimum atomic E-state index is -0.666. The third kappa shape index (κ3) is 4.53. The fourth-order valence-corrected chi connectivity index (χ4v) is 2.06. The molecule has 6 nitrogen and oxygen atoms in total. The third-order valence-corrected chi connectivity index (χ3v) is 3.52. The molecule has 2 aromatic carbocycles. The summed E-state index contributed by atoms with van der Waals surface area (Å²) in [6.45, 7) is -0.316. The highest BCUT2D eigenvalue weighted by Crippen LogP contribution is 2.24. The van der Waals surface area contributed by atoms with Crippen molar-refractivity contribution in [3.05, 3.63) is 57.6 Å². The lowest BCUT2D eigenvalue weighted by molar-refractivity contribution is 0.0265. The van der Waals surface area contributed by atoms with Crippen molar-refractivity contribution in [3.8, 4) is 11.5 Å². The Kier molecular flexibility index (Phi) is 5.89. The van der Waals surface area contributed by atoms with E-state index in [2.05, 4.69) is 0 Å². The first-order valence-corrected chi connectivity index (χ1v) is 7.45. The Bertz CT molecular complexity index is 710. The summed E-state index contributed by atoms with van der Waals surface area (Å²) in [5.41, 5.74) is 0.323. The molecule has 0 saturated carbocycles. The van der Waals surface area contributed by atoms with Crippen molar-refractivity contribution in [1.82, 2.24) is 0 Å². The van der Waals surface area contributed by atoms with Gasteiger partial charge in [-0.3, -0.25) is 0 Å². The maximum Gasteiger partial charge on any atom is 0.338 e. The Morgan fingerprint density at radius 3 is 1.50 bits per heavy atom. The highest BCUT2D eigenvalue weighted by atomic mass is 35.5. The molecule has 8 heteroatoms. The van der Waals surface area contributed by atoms with Crippen molar-refractivity contribution in [3.63, 3.8) is 0 Å². The molecule has 0 aliphatic carbocycles. The van der Waals surface area contributed by atoms with Crippen LogP contribution in [0.2, 0.25) is 10.0 Å². The van der Waals surface area contributed by atoms with Crippen LogP contribution in [0.1, 0.15) is 20.7 Å². The van der Waals surface area contributed by atoms with Gasteiger partial charge in [-0.2, -0.15) is 0 Å². The van der Waals surface area contributed by atoms with Gasteiger partial charge in [0.25, 0.3) is 0 Å². The molecule has 0 aliphatic heterocycles. The molecule has 0 saturated heterocycles. The second kappa shape index (κ2) is 7.90. The smallest absolute Gasteiger partial charge is 0.338 e. The van der Waals surface area contributed by atoms with Gasteiger partial charge in [-0.05, 0) is 36.4 Å². The van der Waals surface area contributed by atoms with Crippen LogP contribution in [0, 0.1) is 0 Å². The van der Waals surface area contributed by atoms with Gasteiger partial charge in [0.05, 0.1) is 21.2 Å². The van der Waals surface area contributed by atoms with Gasteiger partial charge in [0.15, 0.2) is 0 Å². The molecule has 2 rings (SSSR count). The normalized spacial score (nSPS) is 10.2. The van der Waals surface area contributed by atoms with Gasteiger partial charge >= 0.3 is 11.9 Å². The number of halogens is 2. The molecule has 0 radical (unpaired) electrons. The number of carbonyl (C=O) groups excluding carboxylic acids is 2. The van der Waals surface area contributed by atoms with Crippen LogP contribution in [0.25, 0.3) is 0 Å². The number of esters is 2. The molecule has 0 aliphatic rings. The predicted octanol–water partition coefficient (Wildman–Crippen LogP) is 3.42. The van der Waals surface area contributed by atoms with E-state index in [0.717, 1.165) is 0 Å². The Labute approximate surface area is 147 Å². The Hall–Kier alpha value is -2.44. The number of ether oxygens (including phenoxy) is 2. The second-order valence-corrected chi connectivity index (χ2v) is 5.42. The van der Waals surface area contributed by atoms with Crippen molar-refractivity contribution in [1.29, 1.82) is 0 Å². The van der Waals surface area contributed by atoms with Crippen LogP contribution in [0.3, 0.4) is 0 Å². The molecule has 0 fully saturated rings. The van der Waals surface area contributed by atoms with Crippen LogP contribution in [-0.2, 0) is 9.47 Å². The lowest BCUT2D eigenvalue weighted by Crippen LogP contribution is -2.14. The van der Waals surface area contributed by atoms with Gasteiger partial charge in [0.2, 0.25) is 0 Å².